The van der Waals surface area contributed by atoms with Gasteiger partial charge in [0.05, 0.1) is 12.7 Å². The first kappa shape index (κ1) is 23.8. The van der Waals surface area contributed by atoms with Crippen molar-refractivity contribution in [3.05, 3.63) is 102 Å². The first-order valence-electron chi connectivity index (χ1n) is 10.8. The van der Waals surface area contributed by atoms with E-state index in [1.54, 1.807) is 30.4 Å². The van der Waals surface area contributed by atoms with E-state index in [9.17, 15) is 14.7 Å². The molecule has 170 valence electrons. The third-order valence-electron chi connectivity index (χ3n) is 4.99. The Morgan fingerprint density at radius 2 is 1.64 bits per heavy atom. The average molecular weight is 446 g/mol. The zero-order chi connectivity index (χ0) is 23.5. The summed E-state index contributed by atoms with van der Waals surface area (Å²) in [5.74, 6) is -0.429. The summed E-state index contributed by atoms with van der Waals surface area (Å²) < 4.78 is 5.77. The fraction of sp³-hybridized carbons (Fsp3) is 0.185. The Balaban J connectivity index is 1.55. The Labute approximate surface area is 193 Å². The number of aliphatic hydroxyl groups is 1. The van der Waals surface area contributed by atoms with Crippen LogP contribution in [0.4, 0.5) is 5.69 Å². The van der Waals surface area contributed by atoms with Crippen LogP contribution in [0.3, 0.4) is 0 Å². The summed E-state index contributed by atoms with van der Waals surface area (Å²) in [4.78, 5) is 23.3. The molecule has 0 bridgehead atoms. The normalized spacial score (nSPS) is 11.8. The van der Waals surface area contributed by atoms with Crippen LogP contribution < -0.4 is 10.1 Å². The zero-order valence-corrected chi connectivity index (χ0v) is 18.2. The summed E-state index contributed by atoms with van der Waals surface area (Å²) in [5, 5.41) is 22.1. The van der Waals surface area contributed by atoms with Gasteiger partial charge in [-0.1, -0.05) is 66.7 Å². The van der Waals surface area contributed by atoms with E-state index < -0.39 is 12.1 Å². The van der Waals surface area contributed by atoms with Crippen molar-refractivity contribution >= 4 is 23.6 Å². The Morgan fingerprint density at radius 1 is 0.939 bits per heavy atom. The molecule has 0 aliphatic carbocycles. The fourth-order valence-corrected chi connectivity index (χ4v) is 3.23. The predicted octanol–water partition coefficient (Wildman–Crippen LogP) is 4.80. The second-order valence-electron chi connectivity index (χ2n) is 7.47. The number of benzene rings is 3. The summed E-state index contributed by atoms with van der Waals surface area (Å²) in [7, 11) is 0. The second-order valence-corrected chi connectivity index (χ2v) is 7.47. The van der Waals surface area contributed by atoms with Gasteiger partial charge >= 0.3 is 5.97 Å². The van der Waals surface area contributed by atoms with Gasteiger partial charge in [-0.05, 0) is 41.8 Å². The number of anilines is 1. The first-order chi connectivity index (χ1) is 16.0. The minimum Gasteiger partial charge on any atom is -0.493 e. The van der Waals surface area contributed by atoms with Crippen LogP contribution in [-0.4, -0.2) is 34.8 Å². The number of carbonyl (C=O) groups is 2. The molecule has 3 N–H and O–H groups in total. The number of aliphatic carboxylic acids is 1. The maximum atomic E-state index is 12.5. The number of nitrogens with one attached hydrogen (secondary N) is 1. The Bertz CT molecular complexity index is 1090. The van der Waals surface area contributed by atoms with Gasteiger partial charge in [0.2, 0.25) is 0 Å². The van der Waals surface area contributed by atoms with Crippen LogP contribution in [0.25, 0.3) is 6.08 Å². The van der Waals surface area contributed by atoms with Gasteiger partial charge in [0.15, 0.2) is 0 Å². The minimum absolute atomic E-state index is 0.0337. The smallest absolute Gasteiger partial charge is 0.303 e. The van der Waals surface area contributed by atoms with Crippen molar-refractivity contribution in [1.82, 2.24) is 0 Å². The minimum atomic E-state index is -0.856. The Kier molecular flexibility index (Phi) is 8.79. The van der Waals surface area contributed by atoms with Gasteiger partial charge in [-0.15, -0.1) is 0 Å². The van der Waals surface area contributed by atoms with E-state index in [1.165, 1.54) is 0 Å². The molecule has 33 heavy (non-hydrogen) atoms. The van der Waals surface area contributed by atoms with Crippen molar-refractivity contribution in [3.63, 3.8) is 0 Å². The van der Waals surface area contributed by atoms with Crippen molar-refractivity contribution < 1.29 is 24.5 Å². The quantitative estimate of drug-likeness (QED) is 0.394. The van der Waals surface area contributed by atoms with E-state index >= 15 is 0 Å². The summed E-state index contributed by atoms with van der Waals surface area (Å²) in [6.45, 7) is 0.280. The lowest BCUT2D eigenvalue weighted by atomic mass is 10.1. The molecule has 0 aromatic heterocycles. The molecule has 1 amide bonds. The number of carboxylic acids is 1. The van der Waals surface area contributed by atoms with E-state index in [2.05, 4.69) is 5.32 Å². The molecule has 3 aromatic rings. The largest absolute Gasteiger partial charge is 0.493 e. The summed E-state index contributed by atoms with van der Waals surface area (Å²) >= 11 is 0. The summed E-state index contributed by atoms with van der Waals surface area (Å²) in [6, 6.07) is 23.6. The predicted molar refractivity (Wildman–Crippen MR) is 128 cm³/mol. The molecule has 0 saturated heterocycles. The number of para-hydroxylation sites is 2. The summed E-state index contributed by atoms with van der Waals surface area (Å²) in [5.41, 5.74) is 2.82. The average Bonchev–Trinajstić information content (AvgIpc) is 2.83. The molecule has 0 saturated carbocycles. The molecular formula is C27H27NO5. The molecule has 0 unspecified atom stereocenters. The standard InChI is InChI=1S/C27H27NO5/c29-23(18-19-33-25-13-7-5-9-21(25)15-17-26(30)31)16-14-20-8-4-6-12-24(20)28-27(32)22-10-2-1-3-11-22/h1-14,16,23,29H,15,17-19H2,(H,28,32)(H,30,31)/b16-14+/t23-/m0/s1. The lowest BCUT2D eigenvalue weighted by Gasteiger charge is -2.12. The van der Waals surface area contributed by atoms with Crippen molar-refractivity contribution in [3.8, 4) is 5.75 Å². The van der Waals surface area contributed by atoms with Crippen molar-refractivity contribution in [2.75, 3.05) is 11.9 Å². The van der Waals surface area contributed by atoms with E-state index in [1.807, 2.05) is 60.7 Å². The van der Waals surface area contributed by atoms with Crippen LogP contribution in [0.15, 0.2) is 84.9 Å². The van der Waals surface area contributed by atoms with Gasteiger partial charge < -0.3 is 20.3 Å². The van der Waals surface area contributed by atoms with Gasteiger partial charge in [-0.3, -0.25) is 9.59 Å². The third-order valence-corrected chi connectivity index (χ3v) is 4.99. The van der Waals surface area contributed by atoms with Gasteiger partial charge in [-0.25, -0.2) is 0 Å². The number of hydrogen-bond donors (Lipinski definition) is 3. The Hall–Kier alpha value is -3.90. The molecule has 3 rings (SSSR count). The van der Waals surface area contributed by atoms with Gasteiger partial charge in [0, 0.05) is 24.1 Å². The number of ether oxygens (including phenoxy) is 1. The van der Waals surface area contributed by atoms with Crippen LogP contribution in [0.1, 0.15) is 34.3 Å². The van der Waals surface area contributed by atoms with Gasteiger partial charge in [0.25, 0.3) is 5.91 Å². The molecule has 0 spiro atoms. The maximum Gasteiger partial charge on any atom is 0.303 e. The van der Waals surface area contributed by atoms with E-state index in [-0.39, 0.29) is 18.9 Å². The maximum absolute atomic E-state index is 12.5. The summed E-state index contributed by atoms with van der Waals surface area (Å²) in [6.07, 6.45) is 3.47. The van der Waals surface area contributed by atoms with Crippen molar-refractivity contribution in [2.24, 2.45) is 0 Å². The van der Waals surface area contributed by atoms with Gasteiger partial charge in [0.1, 0.15) is 5.75 Å². The highest BCUT2D eigenvalue weighted by atomic mass is 16.5. The molecule has 0 radical (unpaired) electrons. The lowest BCUT2D eigenvalue weighted by molar-refractivity contribution is -0.136. The molecule has 1 atom stereocenters. The SMILES string of the molecule is O=C(O)CCc1ccccc1OCC[C@@H](O)/C=C/c1ccccc1NC(=O)c1ccccc1. The van der Waals surface area contributed by atoms with Crippen LogP contribution in [0.2, 0.25) is 0 Å². The molecule has 6 nitrogen and oxygen atoms in total. The molecular weight excluding hydrogens is 418 g/mol. The monoisotopic (exact) mass is 445 g/mol. The highest BCUT2D eigenvalue weighted by Crippen LogP contribution is 2.21. The molecule has 0 aliphatic rings. The number of hydrogen-bond acceptors (Lipinski definition) is 4. The molecule has 0 aliphatic heterocycles. The first-order valence-corrected chi connectivity index (χ1v) is 10.8. The van der Waals surface area contributed by atoms with Crippen LogP contribution in [0, 0.1) is 0 Å². The third kappa shape index (κ3) is 7.63. The number of carbonyl (C=O) groups excluding carboxylic acids is 1. The lowest BCUT2D eigenvalue weighted by Crippen LogP contribution is -2.12. The fourth-order valence-electron chi connectivity index (χ4n) is 3.23. The van der Waals surface area contributed by atoms with E-state index in [0.29, 0.717) is 29.8 Å². The highest BCUT2D eigenvalue weighted by Gasteiger charge is 2.09. The van der Waals surface area contributed by atoms with Gasteiger partial charge in [-0.2, -0.15) is 0 Å². The number of aliphatic hydroxyl groups excluding tert-OH is 1. The molecule has 3 aromatic carbocycles. The topological polar surface area (TPSA) is 95.9 Å². The zero-order valence-electron chi connectivity index (χ0n) is 18.2. The van der Waals surface area contributed by atoms with Crippen LogP contribution >= 0.6 is 0 Å². The number of aryl methyl sites for hydroxylation is 1. The molecule has 0 fully saturated rings. The Morgan fingerprint density at radius 3 is 2.42 bits per heavy atom. The molecule has 0 heterocycles. The van der Waals surface area contributed by atoms with E-state index in [4.69, 9.17) is 9.84 Å². The number of carboxylic acid groups (broad SMARTS) is 1. The van der Waals surface area contributed by atoms with Crippen LogP contribution in [0.5, 0.6) is 5.75 Å². The number of amides is 1. The van der Waals surface area contributed by atoms with E-state index in [0.717, 1.165) is 11.1 Å². The van der Waals surface area contributed by atoms with Crippen molar-refractivity contribution in [2.45, 2.75) is 25.4 Å². The van der Waals surface area contributed by atoms with Crippen molar-refractivity contribution in [1.29, 1.82) is 0 Å². The number of rotatable bonds is 11. The van der Waals surface area contributed by atoms with Crippen LogP contribution in [-0.2, 0) is 11.2 Å². The molecule has 6 heteroatoms. The highest BCUT2D eigenvalue weighted by molar-refractivity contribution is 6.05. The second kappa shape index (κ2) is 12.2.